The van der Waals surface area contributed by atoms with Crippen LogP contribution in [0.5, 0.6) is 5.75 Å². The highest BCUT2D eigenvalue weighted by atomic mass is 35.5. The summed E-state index contributed by atoms with van der Waals surface area (Å²) in [6, 6.07) is 3.49. The van der Waals surface area contributed by atoms with Gasteiger partial charge in [-0.1, -0.05) is 23.7 Å². The highest BCUT2D eigenvalue weighted by molar-refractivity contribution is 6.33. The van der Waals surface area contributed by atoms with Gasteiger partial charge in [0.15, 0.2) is 0 Å². The Morgan fingerprint density at radius 2 is 2.08 bits per heavy atom. The van der Waals surface area contributed by atoms with Gasteiger partial charge in [-0.15, -0.1) is 0 Å². The van der Waals surface area contributed by atoms with Gasteiger partial charge in [0.1, 0.15) is 5.75 Å². The number of halogens is 1. The van der Waals surface area contributed by atoms with Gasteiger partial charge in [0.05, 0.1) is 5.02 Å². The van der Waals surface area contributed by atoms with E-state index in [4.69, 9.17) is 17.3 Å². The predicted molar refractivity (Wildman–Crippen MR) is 50.5 cm³/mol. The van der Waals surface area contributed by atoms with Crippen LogP contribution in [0.1, 0.15) is 24.1 Å². The first kappa shape index (κ1) is 9.36. The molecule has 66 valence electrons. The number of phenolic OH excluding ortho intramolecular Hbond substituents is 1. The van der Waals surface area contributed by atoms with E-state index < -0.39 is 0 Å². The first-order valence-electron chi connectivity index (χ1n) is 3.77. The second-order valence-electron chi connectivity index (χ2n) is 2.92. The lowest BCUT2D eigenvalue weighted by Gasteiger charge is -2.10. The van der Waals surface area contributed by atoms with E-state index in [-0.39, 0.29) is 11.8 Å². The van der Waals surface area contributed by atoms with Crippen molar-refractivity contribution in [1.82, 2.24) is 0 Å². The third-order valence-corrected chi connectivity index (χ3v) is 2.24. The fourth-order valence-corrected chi connectivity index (χ4v) is 1.41. The van der Waals surface area contributed by atoms with E-state index in [0.29, 0.717) is 5.02 Å². The molecule has 0 aliphatic carbocycles. The van der Waals surface area contributed by atoms with Crippen molar-refractivity contribution < 1.29 is 5.11 Å². The van der Waals surface area contributed by atoms with Crippen LogP contribution in [0, 0.1) is 6.92 Å². The lowest BCUT2D eigenvalue weighted by atomic mass is 10.1. The van der Waals surface area contributed by atoms with Crippen molar-refractivity contribution in [3.05, 3.63) is 28.3 Å². The molecule has 0 saturated heterocycles. The third kappa shape index (κ3) is 1.54. The number of hydrogen-bond acceptors (Lipinski definition) is 2. The zero-order valence-electron chi connectivity index (χ0n) is 7.13. The average Bonchev–Trinajstić information content (AvgIpc) is 2.00. The maximum absolute atomic E-state index is 9.45. The number of benzene rings is 1. The normalized spacial score (nSPS) is 13.0. The van der Waals surface area contributed by atoms with Crippen molar-refractivity contribution in [1.29, 1.82) is 0 Å². The van der Waals surface area contributed by atoms with Gasteiger partial charge < -0.3 is 10.8 Å². The van der Waals surface area contributed by atoms with Crippen molar-refractivity contribution in [2.75, 3.05) is 0 Å². The van der Waals surface area contributed by atoms with Gasteiger partial charge in [0.2, 0.25) is 0 Å². The van der Waals surface area contributed by atoms with Crippen molar-refractivity contribution in [2.24, 2.45) is 5.73 Å². The Bertz CT molecular complexity index is 297. The lowest BCUT2D eigenvalue weighted by molar-refractivity contribution is 0.470. The molecule has 0 bridgehead atoms. The van der Waals surface area contributed by atoms with Crippen LogP contribution in [0.2, 0.25) is 5.02 Å². The summed E-state index contributed by atoms with van der Waals surface area (Å²) in [6.45, 7) is 3.63. The van der Waals surface area contributed by atoms with Crippen LogP contribution in [0.4, 0.5) is 0 Å². The fraction of sp³-hybridized carbons (Fsp3) is 0.333. The zero-order valence-corrected chi connectivity index (χ0v) is 7.89. The molecule has 0 heterocycles. The summed E-state index contributed by atoms with van der Waals surface area (Å²) in [5.41, 5.74) is 7.18. The zero-order chi connectivity index (χ0) is 9.30. The molecule has 0 radical (unpaired) electrons. The number of hydrogen-bond donors (Lipinski definition) is 2. The fourth-order valence-electron chi connectivity index (χ4n) is 1.03. The van der Waals surface area contributed by atoms with Gasteiger partial charge in [-0.2, -0.15) is 0 Å². The van der Waals surface area contributed by atoms with Gasteiger partial charge in [0.25, 0.3) is 0 Å². The molecule has 0 aliphatic rings. The van der Waals surface area contributed by atoms with E-state index in [1.807, 2.05) is 13.0 Å². The standard InChI is InChI=1S/C9H12ClNO/c1-5-3-4-7(6(2)11)8(10)9(5)12/h3-4,6,12H,11H2,1-2H3. The number of aryl methyl sites for hydroxylation is 1. The molecule has 12 heavy (non-hydrogen) atoms. The molecule has 0 aromatic heterocycles. The Labute approximate surface area is 77.0 Å². The molecule has 3 heteroatoms. The number of nitrogens with two attached hydrogens (primary N) is 1. The van der Waals surface area contributed by atoms with Crippen LogP contribution in [0.3, 0.4) is 0 Å². The molecular formula is C9H12ClNO. The van der Waals surface area contributed by atoms with E-state index in [9.17, 15) is 5.11 Å². The van der Waals surface area contributed by atoms with Crippen molar-refractivity contribution >= 4 is 11.6 Å². The van der Waals surface area contributed by atoms with Crippen LogP contribution in [-0.4, -0.2) is 5.11 Å². The second kappa shape index (κ2) is 3.33. The number of aromatic hydroxyl groups is 1. The first-order chi connectivity index (χ1) is 5.54. The summed E-state index contributed by atoms with van der Waals surface area (Å²) in [5, 5.41) is 9.81. The van der Waals surface area contributed by atoms with Crippen LogP contribution in [0.25, 0.3) is 0 Å². The third-order valence-electron chi connectivity index (χ3n) is 1.84. The Balaban J connectivity index is 3.27. The molecule has 0 fully saturated rings. The van der Waals surface area contributed by atoms with E-state index in [0.717, 1.165) is 11.1 Å². The Hall–Kier alpha value is -0.730. The van der Waals surface area contributed by atoms with Crippen molar-refractivity contribution in [2.45, 2.75) is 19.9 Å². The molecule has 3 N–H and O–H groups in total. The Kier molecular flexibility index (Phi) is 2.60. The minimum Gasteiger partial charge on any atom is -0.506 e. The topological polar surface area (TPSA) is 46.2 Å². The van der Waals surface area contributed by atoms with Crippen LogP contribution >= 0.6 is 11.6 Å². The number of phenols is 1. The lowest BCUT2D eigenvalue weighted by Crippen LogP contribution is -2.05. The summed E-state index contributed by atoms with van der Waals surface area (Å²) in [6.07, 6.45) is 0. The molecule has 0 saturated carbocycles. The molecule has 1 atom stereocenters. The van der Waals surface area contributed by atoms with Gasteiger partial charge in [-0.3, -0.25) is 0 Å². The predicted octanol–water partition coefficient (Wildman–Crippen LogP) is 2.37. The van der Waals surface area contributed by atoms with E-state index >= 15 is 0 Å². The van der Waals surface area contributed by atoms with E-state index in [1.165, 1.54) is 0 Å². The van der Waals surface area contributed by atoms with Crippen molar-refractivity contribution in [3.63, 3.8) is 0 Å². The maximum Gasteiger partial charge on any atom is 0.137 e. The largest absolute Gasteiger partial charge is 0.506 e. The average molecular weight is 186 g/mol. The number of rotatable bonds is 1. The maximum atomic E-state index is 9.45. The molecule has 1 unspecified atom stereocenters. The molecule has 0 spiro atoms. The smallest absolute Gasteiger partial charge is 0.137 e. The minimum absolute atomic E-state index is 0.131. The highest BCUT2D eigenvalue weighted by Crippen LogP contribution is 2.32. The molecule has 2 nitrogen and oxygen atoms in total. The Morgan fingerprint density at radius 3 is 2.58 bits per heavy atom. The molecule has 0 aliphatic heterocycles. The van der Waals surface area contributed by atoms with Gasteiger partial charge in [-0.25, -0.2) is 0 Å². The minimum atomic E-state index is -0.149. The van der Waals surface area contributed by atoms with E-state index in [2.05, 4.69) is 0 Å². The van der Waals surface area contributed by atoms with Gasteiger partial charge >= 0.3 is 0 Å². The molecule has 1 aromatic rings. The van der Waals surface area contributed by atoms with E-state index in [1.54, 1.807) is 13.0 Å². The quantitative estimate of drug-likeness (QED) is 0.706. The van der Waals surface area contributed by atoms with Gasteiger partial charge in [0, 0.05) is 6.04 Å². The van der Waals surface area contributed by atoms with Crippen LogP contribution in [0.15, 0.2) is 12.1 Å². The summed E-state index contributed by atoms with van der Waals surface area (Å²) in [4.78, 5) is 0. The van der Waals surface area contributed by atoms with Crippen LogP contribution < -0.4 is 5.73 Å². The molecule has 1 rings (SSSR count). The highest BCUT2D eigenvalue weighted by Gasteiger charge is 2.10. The first-order valence-corrected chi connectivity index (χ1v) is 4.15. The van der Waals surface area contributed by atoms with Gasteiger partial charge in [-0.05, 0) is 25.0 Å². The van der Waals surface area contributed by atoms with Crippen molar-refractivity contribution in [3.8, 4) is 5.75 Å². The summed E-state index contributed by atoms with van der Waals surface area (Å²) in [7, 11) is 0. The molecule has 1 aromatic carbocycles. The second-order valence-corrected chi connectivity index (χ2v) is 3.30. The Morgan fingerprint density at radius 1 is 1.50 bits per heavy atom. The summed E-state index contributed by atoms with van der Waals surface area (Å²) in [5.74, 6) is 0.131. The van der Waals surface area contributed by atoms with Crippen LogP contribution in [-0.2, 0) is 0 Å². The molecule has 0 amide bonds. The monoisotopic (exact) mass is 185 g/mol. The summed E-state index contributed by atoms with van der Waals surface area (Å²) >= 11 is 5.86. The molecular weight excluding hydrogens is 174 g/mol. The SMILES string of the molecule is Cc1ccc(C(C)N)c(Cl)c1O. The summed E-state index contributed by atoms with van der Waals surface area (Å²) < 4.78 is 0.